The summed E-state index contributed by atoms with van der Waals surface area (Å²) in [5.74, 6) is 0.759. The topological polar surface area (TPSA) is 58.6 Å². The molecule has 7 heteroatoms. The van der Waals surface area contributed by atoms with Crippen LogP contribution >= 0.6 is 11.6 Å². The van der Waals surface area contributed by atoms with Gasteiger partial charge in [0.2, 0.25) is 0 Å². The monoisotopic (exact) mass is 344 g/mol. The van der Waals surface area contributed by atoms with Crippen LogP contribution in [0.3, 0.4) is 0 Å². The summed E-state index contributed by atoms with van der Waals surface area (Å²) in [5.41, 5.74) is 1.18. The fourth-order valence-corrected chi connectivity index (χ4v) is 4.20. The van der Waals surface area contributed by atoms with Gasteiger partial charge in [0.25, 0.3) is 0 Å². The van der Waals surface area contributed by atoms with Gasteiger partial charge in [-0.3, -0.25) is 0 Å². The lowest BCUT2D eigenvalue weighted by molar-refractivity contribution is 0.230. The van der Waals surface area contributed by atoms with Gasteiger partial charge < -0.3 is 15.0 Å². The van der Waals surface area contributed by atoms with Gasteiger partial charge in [0.1, 0.15) is 11.9 Å². The molecule has 2 aliphatic heterocycles. The SMILES string of the molecule is O=S1(=O)CC(Oc2ccc(CCN3CCNCC3)cc2Cl)C1. The van der Waals surface area contributed by atoms with Crippen molar-refractivity contribution < 1.29 is 13.2 Å². The maximum absolute atomic E-state index is 11.1. The summed E-state index contributed by atoms with van der Waals surface area (Å²) in [4.78, 5) is 2.44. The number of ether oxygens (including phenoxy) is 1. The molecule has 0 bridgehead atoms. The number of sulfone groups is 1. The molecule has 22 heavy (non-hydrogen) atoms. The molecule has 2 saturated heterocycles. The molecular formula is C15H21ClN2O3S. The number of rotatable bonds is 5. The lowest BCUT2D eigenvalue weighted by Crippen LogP contribution is -2.45. The molecule has 0 spiro atoms. The molecule has 0 radical (unpaired) electrons. The number of piperazine rings is 1. The van der Waals surface area contributed by atoms with E-state index in [1.807, 2.05) is 18.2 Å². The molecule has 2 fully saturated rings. The number of benzene rings is 1. The van der Waals surface area contributed by atoms with Gasteiger partial charge in [0.15, 0.2) is 9.84 Å². The highest BCUT2D eigenvalue weighted by Crippen LogP contribution is 2.29. The predicted octanol–water partition coefficient (Wildman–Crippen LogP) is 0.964. The number of halogens is 1. The first-order valence-corrected chi connectivity index (χ1v) is 9.80. The zero-order valence-corrected chi connectivity index (χ0v) is 14.0. The van der Waals surface area contributed by atoms with Crippen LogP contribution in [0.2, 0.25) is 5.02 Å². The summed E-state index contributed by atoms with van der Waals surface area (Å²) in [6, 6.07) is 5.78. The van der Waals surface area contributed by atoms with E-state index in [1.54, 1.807) is 0 Å². The van der Waals surface area contributed by atoms with Gasteiger partial charge in [-0.1, -0.05) is 17.7 Å². The van der Waals surface area contributed by atoms with Gasteiger partial charge in [0, 0.05) is 32.7 Å². The number of nitrogens with one attached hydrogen (secondary N) is 1. The summed E-state index contributed by atoms with van der Waals surface area (Å²) in [5, 5.41) is 3.90. The summed E-state index contributed by atoms with van der Waals surface area (Å²) in [7, 11) is -2.87. The Bertz CT molecular complexity index is 618. The van der Waals surface area contributed by atoms with Crippen molar-refractivity contribution in [2.24, 2.45) is 0 Å². The Hall–Kier alpha value is -0.820. The fourth-order valence-electron chi connectivity index (χ4n) is 2.78. The molecule has 1 aromatic carbocycles. The van der Waals surface area contributed by atoms with Crippen LogP contribution in [0.4, 0.5) is 0 Å². The minimum absolute atomic E-state index is 0.0913. The fraction of sp³-hybridized carbons (Fsp3) is 0.600. The van der Waals surface area contributed by atoms with Crippen molar-refractivity contribution in [3.05, 3.63) is 28.8 Å². The van der Waals surface area contributed by atoms with Crippen molar-refractivity contribution in [2.75, 3.05) is 44.2 Å². The summed E-state index contributed by atoms with van der Waals surface area (Å²) >= 11 is 6.25. The second-order valence-electron chi connectivity index (χ2n) is 5.92. The first-order valence-electron chi connectivity index (χ1n) is 7.60. The minimum atomic E-state index is -2.87. The van der Waals surface area contributed by atoms with Gasteiger partial charge in [0.05, 0.1) is 16.5 Å². The van der Waals surface area contributed by atoms with Crippen molar-refractivity contribution in [1.29, 1.82) is 0 Å². The zero-order chi connectivity index (χ0) is 15.6. The van der Waals surface area contributed by atoms with E-state index in [9.17, 15) is 8.42 Å². The van der Waals surface area contributed by atoms with E-state index in [0.29, 0.717) is 10.8 Å². The molecular weight excluding hydrogens is 324 g/mol. The van der Waals surface area contributed by atoms with E-state index in [1.165, 1.54) is 5.56 Å². The Kier molecular flexibility index (Phi) is 4.92. The molecule has 0 aromatic heterocycles. The Morgan fingerprint density at radius 3 is 2.64 bits per heavy atom. The molecule has 0 unspecified atom stereocenters. The van der Waals surface area contributed by atoms with E-state index in [2.05, 4.69) is 10.2 Å². The highest BCUT2D eigenvalue weighted by molar-refractivity contribution is 7.92. The molecule has 1 N–H and O–H groups in total. The molecule has 1 aromatic rings. The maximum atomic E-state index is 11.1. The highest BCUT2D eigenvalue weighted by Gasteiger charge is 2.35. The quantitative estimate of drug-likeness (QED) is 0.862. The van der Waals surface area contributed by atoms with Crippen LogP contribution in [0.15, 0.2) is 18.2 Å². The van der Waals surface area contributed by atoms with E-state index in [0.717, 1.165) is 39.1 Å². The molecule has 0 atom stereocenters. The second kappa shape index (κ2) is 6.74. The normalized spacial score (nSPS) is 22.2. The third kappa shape index (κ3) is 4.13. The Morgan fingerprint density at radius 2 is 2.00 bits per heavy atom. The maximum Gasteiger partial charge on any atom is 0.157 e. The minimum Gasteiger partial charge on any atom is -0.487 e. The van der Waals surface area contributed by atoms with Crippen LogP contribution in [0, 0.1) is 0 Å². The van der Waals surface area contributed by atoms with Crippen LogP contribution in [0.25, 0.3) is 0 Å². The standard InChI is InChI=1S/C15H21ClN2O3S/c16-14-9-12(3-6-18-7-4-17-5-8-18)1-2-15(14)21-13-10-22(19,20)11-13/h1-2,9,13,17H,3-8,10-11H2. The lowest BCUT2D eigenvalue weighted by Gasteiger charge is -2.28. The van der Waals surface area contributed by atoms with Gasteiger partial charge in [-0.15, -0.1) is 0 Å². The molecule has 2 heterocycles. The van der Waals surface area contributed by atoms with Crippen molar-refractivity contribution in [3.8, 4) is 5.75 Å². The van der Waals surface area contributed by atoms with Gasteiger partial charge in [-0.05, 0) is 24.1 Å². The van der Waals surface area contributed by atoms with E-state index in [-0.39, 0.29) is 17.6 Å². The second-order valence-corrected chi connectivity index (χ2v) is 8.48. The average molecular weight is 345 g/mol. The van der Waals surface area contributed by atoms with Crippen LogP contribution < -0.4 is 10.1 Å². The van der Waals surface area contributed by atoms with Crippen molar-refractivity contribution in [3.63, 3.8) is 0 Å². The van der Waals surface area contributed by atoms with Gasteiger partial charge in [-0.25, -0.2) is 8.42 Å². The lowest BCUT2D eigenvalue weighted by atomic mass is 10.1. The van der Waals surface area contributed by atoms with Crippen molar-refractivity contribution in [2.45, 2.75) is 12.5 Å². The number of nitrogens with zero attached hydrogens (tertiary/aromatic N) is 1. The van der Waals surface area contributed by atoms with E-state index >= 15 is 0 Å². The summed E-state index contributed by atoms with van der Waals surface area (Å²) < 4.78 is 27.9. The van der Waals surface area contributed by atoms with E-state index < -0.39 is 9.84 Å². The third-order valence-corrected chi connectivity index (χ3v) is 6.15. The van der Waals surface area contributed by atoms with E-state index in [4.69, 9.17) is 16.3 Å². The molecule has 0 amide bonds. The number of hydrogen-bond acceptors (Lipinski definition) is 5. The van der Waals surface area contributed by atoms with Gasteiger partial charge >= 0.3 is 0 Å². The summed E-state index contributed by atoms with van der Waals surface area (Å²) in [6.45, 7) is 5.31. The van der Waals surface area contributed by atoms with Gasteiger partial charge in [-0.2, -0.15) is 0 Å². The molecule has 122 valence electrons. The Morgan fingerprint density at radius 1 is 1.27 bits per heavy atom. The van der Waals surface area contributed by atoms with Crippen molar-refractivity contribution in [1.82, 2.24) is 10.2 Å². The Balaban J connectivity index is 1.53. The molecule has 0 saturated carbocycles. The first kappa shape index (κ1) is 16.1. The number of hydrogen-bond donors (Lipinski definition) is 1. The Labute approximate surface area is 136 Å². The third-order valence-electron chi connectivity index (χ3n) is 4.10. The molecule has 3 rings (SSSR count). The van der Waals surface area contributed by atoms with Crippen LogP contribution in [-0.2, 0) is 16.3 Å². The largest absolute Gasteiger partial charge is 0.487 e. The zero-order valence-electron chi connectivity index (χ0n) is 12.4. The summed E-state index contributed by atoms with van der Waals surface area (Å²) in [6.07, 6.45) is 0.701. The molecule has 2 aliphatic rings. The first-order chi connectivity index (χ1) is 10.5. The van der Waals surface area contributed by atoms with Crippen LogP contribution in [0.1, 0.15) is 5.56 Å². The van der Waals surface area contributed by atoms with Crippen LogP contribution in [-0.4, -0.2) is 63.7 Å². The smallest absolute Gasteiger partial charge is 0.157 e. The molecule has 0 aliphatic carbocycles. The molecule has 5 nitrogen and oxygen atoms in total. The highest BCUT2D eigenvalue weighted by atomic mass is 35.5. The van der Waals surface area contributed by atoms with Crippen molar-refractivity contribution >= 4 is 21.4 Å². The average Bonchev–Trinajstić information content (AvgIpc) is 2.47. The predicted molar refractivity (Wildman–Crippen MR) is 87.5 cm³/mol. The van der Waals surface area contributed by atoms with Crippen LogP contribution in [0.5, 0.6) is 5.75 Å².